The van der Waals surface area contributed by atoms with Crippen molar-refractivity contribution in [2.24, 2.45) is 0 Å². The van der Waals surface area contributed by atoms with Crippen LogP contribution in [0.5, 0.6) is 0 Å². The van der Waals surface area contributed by atoms with Gasteiger partial charge in [-0.2, -0.15) is 0 Å². The lowest BCUT2D eigenvalue weighted by Gasteiger charge is -2.04. The first kappa shape index (κ1) is 16.6. The molecule has 0 N–H and O–H groups in total. The Morgan fingerprint density at radius 2 is 1.78 bits per heavy atom. The first-order chi connectivity index (χ1) is 10.8. The summed E-state index contributed by atoms with van der Waals surface area (Å²) in [5.74, 6) is 0.924. The maximum absolute atomic E-state index is 12.0. The standard InChI is InChI=1S/C17H17NO5/c1-10(19)4-9-15-17(16(11(2)20)12(3)23-15)13-5-7-14(8-6-13)18(21)22/h5-8H,4,9H2,1-3H3. The van der Waals surface area contributed by atoms with Crippen LogP contribution in [-0.2, 0) is 11.2 Å². The lowest BCUT2D eigenvalue weighted by atomic mass is 9.96. The van der Waals surface area contributed by atoms with E-state index in [1.165, 1.54) is 26.0 Å². The number of ketones is 2. The summed E-state index contributed by atoms with van der Waals surface area (Å²) in [5.41, 5.74) is 1.71. The summed E-state index contributed by atoms with van der Waals surface area (Å²) < 4.78 is 5.68. The van der Waals surface area contributed by atoms with Gasteiger partial charge in [0.05, 0.1) is 10.5 Å². The summed E-state index contributed by atoms with van der Waals surface area (Å²) in [4.78, 5) is 33.5. The van der Waals surface area contributed by atoms with Gasteiger partial charge in [-0.1, -0.05) is 0 Å². The van der Waals surface area contributed by atoms with Crippen molar-refractivity contribution >= 4 is 17.3 Å². The van der Waals surface area contributed by atoms with Crippen LogP contribution in [0.15, 0.2) is 28.7 Å². The van der Waals surface area contributed by atoms with E-state index in [0.717, 1.165) is 0 Å². The molecule has 23 heavy (non-hydrogen) atoms. The van der Waals surface area contributed by atoms with Crippen LogP contribution in [0.4, 0.5) is 5.69 Å². The second-order valence-corrected chi connectivity index (χ2v) is 5.39. The number of non-ortho nitro benzene ring substituents is 1. The van der Waals surface area contributed by atoms with Crippen LogP contribution < -0.4 is 0 Å². The molecule has 1 aromatic carbocycles. The van der Waals surface area contributed by atoms with Gasteiger partial charge in [0.25, 0.3) is 5.69 Å². The fourth-order valence-electron chi connectivity index (χ4n) is 2.55. The molecule has 0 saturated carbocycles. The number of aryl methyl sites for hydroxylation is 2. The van der Waals surface area contributed by atoms with Crippen LogP contribution >= 0.6 is 0 Å². The van der Waals surface area contributed by atoms with Crippen molar-refractivity contribution in [3.8, 4) is 11.1 Å². The SMILES string of the molecule is CC(=O)CCc1oc(C)c(C(C)=O)c1-c1ccc([N+](=O)[O-])cc1. The molecule has 6 heteroatoms. The van der Waals surface area contributed by atoms with E-state index in [-0.39, 0.29) is 17.3 Å². The zero-order valence-corrected chi connectivity index (χ0v) is 13.2. The van der Waals surface area contributed by atoms with Crippen LogP contribution in [0.3, 0.4) is 0 Å². The Kier molecular flexibility index (Phi) is 4.74. The van der Waals surface area contributed by atoms with Crippen LogP contribution in [0, 0.1) is 17.0 Å². The minimum absolute atomic E-state index is 0.0244. The Labute approximate surface area is 133 Å². The smallest absolute Gasteiger partial charge is 0.269 e. The fourth-order valence-corrected chi connectivity index (χ4v) is 2.55. The maximum Gasteiger partial charge on any atom is 0.269 e. The zero-order chi connectivity index (χ0) is 17.1. The van der Waals surface area contributed by atoms with Gasteiger partial charge in [0, 0.05) is 30.5 Å². The molecule has 0 bridgehead atoms. The number of Topliss-reactive ketones (excluding diaryl/α,β-unsaturated/α-hetero) is 2. The highest BCUT2D eigenvalue weighted by atomic mass is 16.6. The Morgan fingerprint density at radius 3 is 2.26 bits per heavy atom. The molecule has 0 aliphatic rings. The first-order valence-electron chi connectivity index (χ1n) is 7.18. The second-order valence-electron chi connectivity index (χ2n) is 5.39. The molecule has 2 rings (SSSR count). The number of carbonyl (C=O) groups excluding carboxylic acids is 2. The summed E-state index contributed by atoms with van der Waals surface area (Å²) in [5, 5.41) is 10.8. The van der Waals surface area contributed by atoms with Crippen molar-refractivity contribution in [3.63, 3.8) is 0 Å². The Morgan fingerprint density at radius 1 is 1.17 bits per heavy atom. The summed E-state index contributed by atoms with van der Waals surface area (Å²) >= 11 is 0. The van der Waals surface area contributed by atoms with E-state index in [1.807, 2.05) is 0 Å². The van der Waals surface area contributed by atoms with E-state index in [1.54, 1.807) is 19.1 Å². The molecule has 0 spiro atoms. The van der Waals surface area contributed by atoms with Crippen LogP contribution in [-0.4, -0.2) is 16.5 Å². The predicted octanol–water partition coefficient (Wildman–Crippen LogP) is 3.89. The van der Waals surface area contributed by atoms with Crippen molar-refractivity contribution in [2.45, 2.75) is 33.6 Å². The molecule has 0 aliphatic heterocycles. The molecule has 0 atom stereocenters. The quantitative estimate of drug-likeness (QED) is 0.458. The van der Waals surface area contributed by atoms with Gasteiger partial charge < -0.3 is 9.21 Å². The van der Waals surface area contributed by atoms with Crippen molar-refractivity contribution < 1.29 is 18.9 Å². The Bertz CT molecular complexity index is 771. The summed E-state index contributed by atoms with van der Waals surface area (Å²) in [7, 11) is 0. The molecular formula is C17H17NO5. The highest BCUT2D eigenvalue weighted by molar-refractivity contribution is 6.02. The van der Waals surface area contributed by atoms with Gasteiger partial charge in [0.1, 0.15) is 17.3 Å². The van der Waals surface area contributed by atoms with E-state index in [2.05, 4.69) is 0 Å². The molecule has 0 amide bonds. The molecule has 2 aromatic rings. The number of furan rings is 1. The number of hydrogen-bond acceptors (Lipinski definition) is 5. The van der Waals surface area contributed by atoms with Crippen LogP contribution in [0.25, 0.3) is 11.1 Å². The van der Waals surface area contributed by atoms with Crippen molar-refractivity contribution in [2.75, 3.05) is 0 Å². The third-order valence-corrected chi connectivity index (χ3v) is 3.58. The highest BCUT2D eigenvalue weighted by Gasteiger charge is 2.22. The lowest BCUT2D eigenvalue weighted by Crippen LogP contribution is -1.98. The summed E-state index contributed by atoms with van der Waals surface area (Å²) in [6.45, 7) is 4.64. The van der Waals surface area contributed by atoms with Gasteiger partial charge in [-0.15, -0.1) is 0 Å². The minimum atomic E-state index is -0.479. The lowest BCUT2D eigenvalue weighted by molar-refractivity contribution is -0.384. The number of nitrogens with zero attached hydrogens (tertiary/aromatic N) is 1. The molecule has 0 unspecified atom stereocenters. The van der Waals surface area contributed by atoms with E-state index < -0.39 is 4.92 Å². The third kappa shape index (κ3) is 3.53. The van der Waals surface area contributed by atoms with Crippen LogP contribution in [0.1, 0.15) is 42.1 Å². The average Bonchev–Trinajstić information content (AvgIpc) is 2.81. The van der Waals surface area contributed by atoms with Gasteiger partial charge in [-0.05, 0) is 38.5 Å². The zero-order valence-electron chi connectivity index (χ0n) is 13.2. The van der Waals surface area contributed by atoms with Crippen molar-refractivity contribution in [1.29, 1.82) is 0 Å². The molecule has 0 saturated heterocycles. The van der Waals surface area contributed by atoms with Gasteiger partial charge in [0.2, 0.25) is 0 Å². The molecular weight excluding hydrogens is 298 g/mol. The first-order valence-corrected chi connectivity index (χ1v) is 7.18. The number of rotatable bonds is 6. The predicted molar refractivity (Wildman–Crippen MR) is 84.5 cm³/mol. The number of hydrogen-bond donors (Lipinski definition) is 0. The van der Waals surface area contributed by atoms with E-state index in [0.29, 0.717) is 41.1 Å². The molecule has 1 aromatic heterocycles. The van der Waals surface area contributed by atoms with Crippen LogP contribution in [0.2, 0.25) is 0 Å². The van der Waals surface area contributed by atoms with Gasteiger partial charge in [-0.3, -0.25) is 14.9 Å². The summed E-state index contributed by atoms with van der Waals surface area (Å²) in [6.07, 6.45) is 0.694. The Balaban J connectivity index is 2.55. The van der Waals surface area contributed by atoms with Crippen molar-refractivity contribution in [1.82, 2.24) is 0 Å². The molecule has 1 heterocycles. The number of benzene rings is 1. The molecule has 0 radical (unpaired) electrons. The van der Waals surface area contributed by atoms with Gasteiger partial charge in [0.15, 0.2) is 5.78 Å². The minimum Gasteiger partial charge on any atom is -0.465 e. The van der Waals surface area contributed by atoms with E-state index >= 15 is 0 Å². The highest BCUT2D eigenvalue weighted by Crippen LogP contribution is 2.34. The molecule has 0 aliphatic carbocycles. The second kappa shape index (κ2) is 6.56. The molecule has 6 nitrogen and oxygen atoms in total. The number of nitro groups is 1. The van der Waals surface area contributed by atoms with E-state index in [9.17, 15) is 19.7 Å². The normalized spacial score (nSPS) is 10.6. The fraction of sp³-hybridized carbons (Fsp3) is 0.294. The largest absolute Gasteiger partial charge is 0.465 e. The molecule has 0 fully saturated rings. The molecule has 120 valence electrons. The third-order valence-electron chi connectivity index (χ3n) is 3.58. The number of carbonyl (C=O) groups is 2. The summed E-state index contributed by atoms with van der Waals surface area (Å²) in [6, 6.07) is 5.95. The van der Waals surface area contributed by atoms with Crippen molar-refractivity contribution in [3.05, 3.63) is 51.5 Å². The van der Waals surface area contributed by atoms with E-state index in [4.69, 9.17) is 4.42 Å². The number of nitro benzene ring substituents is 1. The topological polar surface area (TPSA) is 90.4 Å². The van der Waals surface area contributed by atoms with Gasteiger partial charge >= 0.3 is 0 Å². The maximum atomic E-state index is 12.0. The monoisotopic (exact) mass is 315 g/mol. The average molecular weight is 315 g/mol. The Hall–Kier alpha value is -2.76. The van der Waals surface area contributed by atoms with Gasteiger partial charge in [-0.25, -0.2) is 0 Å².